The summed E-state index contributed by atoms with van der Waals surface area (Å²) in [6.45, 7) is 2.08. The van der Waals surface area contributed by atoms with Crippen molar-refractivity contribution in [2.24, 2.45) is 0 Å². The Hall–Kier alpha value is -3.50. The summed E-state index contributed by atoms with van der Waals surface area (Å²) in [6.07, 6.45) is 4.32. The molecule has 4 rings (SSSR count). The van der Waals surface area contributed by atoms with Crippen molar-refractivity contribution >= 4 is 22.4 Å². The number of anilines is 1. The average molecular weight is 396 g/mol. The van der Waals surface area contributed by atoms with Crippen molar-refractivity contribution in [3.63, 3.8) is 0 Å². The van der Waals surface area contributed by atoms with Crippen LogP contribution in [0.2, 0.25) is 0 Å². The number of carbonyl (C=O) groups is 1. The Morgan fingerprint density at radius 3 is 2.60 bits per heavy atom. The lowest BCUT2D eigenvalue weighted by Crippen LogP contribution is -2.40. The van der Waals surface area contributed by atoms with Crippen LogP contribution in [0.5, 0.6) is 0 Å². The van der Waals surface area contributed by atoms with Crippen LogP contribution in [0.3, 0.4) is 0 Å². The van der Waals surface area contributed by atoms with E-state index in [2.05, 4.69) is 40.7 Å². The molecule has 3 aromatic carbocycles. The number of benzene rings is 3. The molecular weight excluding hydrogens is 370 g/mol. The number of carbonyl (C=O) groups excluding carboxylic acids is 1. The third-order valence-corrected chi connectivity index (χ3v) is 5.40. The van der Waals surface area contributed by atoms with Crippen LogP contribution in [-0.4, -0.2) is 24.0 Å². The highest BCUT2D eigenvalue weighted by Crippen LogP contribution is 2.29. The van der Waals surface area contributed by atoms with Gasteiger partial charge in [0.15, 0.2) is 0 Å². The van der Waals surface area contributed by atoms with Gasteiger partial charge in [-0.05, 0) is 72.3 Å². The molecule has 2 N–H and O–H groups in total. The Bertz CT molecular complexity index is 1170. The van der Waals surface area contributed by atoms with Crippen LogP contribution < -0.4 is 10.6 Å². The van der Waals surface area contributed by atoms with Gasteiger partial charge in [-0.3, -0.25) is 9.78 Å². The van der Waals surface area contributed by atoms with Crippen LogP contribution >= 0.6 is 0 Å². The van der Waals surface area contributed by atoms with Gasteiger partial charge >= 0.3 is 0 Å². The summed E-state index contributed by atoms with van der Waals surface area (Å²) >= 11 is 0. The summed E-state index contributed by atoms with van der Waals surface area (Å²) < 4.78 is 0. The molecule has 150 valence electrons. The number of rotatable bonds is 6. The van der Waals surface area contributed by atoms with Crippen LogP contribution in [0.1, 0.15) is 11.1 Å². The van der Waals surface area contributed by atoms with E-state index in [1.54, 1.807) is 6.20 Å². The molecule has 4 aromatic rings. The summed E-state index contributed by atoms with van der Waals surface area (Å²) in [6, 6.07) is 24.1. The molecule has 1 heterocycles. The van der Waals surface area contributed by atoms with E-state index in [-0.39, 0.29) is 11.9 Å². The maximum Gasteiger partial charge on any atom is 0.241 e. The molecule has 4 heteroatoms. The van der Waals surface area contributed by atoms with Gasteiger partial charge in [0.1, 0.15) is 0 Å². The van der Waals surface area contributed by atoms with E-state index in [0.717, 1.165) is 38.7 Å². The van der Waals surface area contributed by atoms with E-state index < -0.39 is 0 Å². The average Bonchev–Trinajstić information content (AvgIpc) is 2.79. The molecule has 0 unspecified atom stereocenters. The number of hydrogen-bond acceptors (Lipinski definition) is 3. The van der Waals surface area contributed by atoms with Crippen LogP contribution in [0.25, 0.3) is 21.9 Å². The van der Waals surface area contributed by atoms with Gasteiger partial charge in [-0.25, -0.2) is 0 Å². The van der Waals surface area contributed by atoms with Gasteiger partial charge in [0.05, 0.1) is 6.04 Å². The van der Waals surface area contributed by atoms with Gasteiger partial charge in [-0.2, -0.15) is 0 Å². The number of nitrogens with zero attached hydrogens (tertiary/aromatic N) is 1. The maximum atomic E-state index is 12.9. The van der Waals surface area contributed by atoms with E-state index in [9.17, 15) is 4.79 Å². The monoisotopic (exact) mass is 395 g/mol. The van der Waals surface area contributed by atoms with E-state index in [0.29, 0.717) is 6.42 Å². The number of nitrogens with one attached hydrogen (secondary N) is 2. The predicted octanol–water partition coefficient (Wildman–Crippen LogP) is 4.98. The molecule has 0 bridgehead atoms. The van der Waals surface area contributed by atoms with E-state index in [1.807, 2.05) is 67.8 Å². The Kier molecular flexibility index (Phi) is 5.87. The van der Waals surface area contributed by atoms with Crippen LogP contribution in [0, 0.1) is 6.92 Å². The molecule has 0 fully saturated rings. The lowest BCUT2D eigenvalue weighted by molar-refractivity contribution is -0.118. The molecule has 30 heavy (non-hydrogen) atoms. The zero-order valence-corrected chi connectivity index (χ0v) is 17.2. The molecule has 0 saturated heterocycles. The Labute approximate surface area is 177 Å². The highest BCUT2D eigenvalue weighted by Gasteiger charge is 2.17. The SMILES string of the molecule is CN[C@H](Cc1ccccc1)C(=O)Nc1ccc(C)c(-c2ccc3ccncc3c2)c1. The number of aryl methyl sites for hydroxylation is 1. The summed E-state index contributed by atoms with van der Waals surface area (Å²) in [5, 5.41) is 8.46. The first kappa shape index (κ1) is 19.8. The molecule has 0 spiro atoms. The molecule has 1 amide bonds. The fourth-order valence-corrected chi connectivity index (χ4v) is 3.67. The fraction of sp³-hybridized carbons (Fsp3) is 0.154. The third kappa shape index (κ3) is 4.39. The highest BCUT2D eigenvalue weighted by molar-refractivity contribution is 5.96. The predicted molar refractivity (Wildman–Crippen MR) is 124 cm³/mol. The number of hydrogen-bond donors (Lipinski definition) is 2. The minimum absolute atomic E-state index is 0.0427. The molecule has 4 nitrogen and oxygen atoms in total. The number of likely N-dealkylation sites (N-methyl/N-ethyl adjacent to an activating group) is 1. The largest absolute Gasteiger partial charge is 0.325 e. The first-order valence-electron chi connectivity index (χ1n) is 10.1. The van der Waals surface area contributed by atoms with Gasteiger partial charge in [-0.1, -0.05) is 48.5 Å². The van der Waals surface area contributed by atoms with E-state index >= 15 is 0 Å². The molecule has 0 saturated carbocycles. The third-order valence-electron chi connectivity index (χ3n) is 5.40. The normalized spacial score (nSPS) is 11.9. The van der Waals surface area contributed by atoms with Crippen molar-refractivity contribution in [2.45, 2.75) is 19.4 Å². The second-order valence-electron chi connectivity index (χ2n) is 7.49. The molecular formula is C26H25N3O. The van der Waals surface area contributed by atoms with Crippen molar-refractivity contribution in [1.29, 1.82) is 0 Å². The minimum atomic E-state index is -0.302. The smallest absolute Gasteiger partial charge is 0.241 e. The fourth-order valence-electron chi connectivity index (χ4n) is 3.67. The maximum absolute atomic E-state index is 12.9. The number of fused-ring (bicyclic) bond motifs is 1. The summed E-state index contributed by atoms with van der Waals surface area (Å²) in [7, 11) is 1.82. The van der Waals surface area contributed by atoms with E-state index in [4.69, 9.17) is 0 Å². The van der Waals surface area contributed by atoms with Crippen molar-refractivity contribution in [1.82, 2.24) is 10.3 Å². The quantitative estimate of drug-likeness (QED) is 0.484. The first-order valence-corrected chi connectivity index (χ1v) is 10.1. The van der Waals surface area contributed by atoms with Gasteiger partial charge in [-0.15, -0.1) is 0 Å². The number of pyridine rings is 1. The molecule has 0 aliphatic rings. The summed E-state index contributed by atoms with van der Waals surface area (Å²) in [4.78, 5) is 17.1. The first-order chi connectivity index (χ1) is 14.6. The lowest BCUT2D eigenvalue weighted by atomic mass is 9.97. The van der Waals surface area contributed by atoms with Crippen LogP contribution in [-0.2, 0) is 11.2 Å². The van der Waals surface area contributed by atoms with Crippen molar-refractivity contribution in [2.75, 3.05) is 12.4 Å². The molecule has 1 aromatic heterocycles. The Morgan fingerprint density at radius 2 is 1.80 bits per heavy atom. The highest BCUT2D eigenvalue weighted by atomic mass is 16.2. The second kappa shape index (κ2) is 8.89. The van der Waals surface area contributed by atoms with Gasteiger partial charge in [0.2, 0.25) is 5.91 Å². The van der Waals surface area contributed by atoms with Gasteiger partial charge < -0.3 is 10.6 Å². The van der Waals surface area contributed by atoms with Crippen molar-refractivity contribution in [3.8, 4) is 11.1 Å². The number of aromatic nitrogens is 1. The Morgan fingerprint density at radius 1 is 0.967 bits per heavy atom. The molecule has 0 radical (unpaired) electrons. The summed E-state index contributed by atoms with van der Waals surface area (Å²) in [5.41, 5.74) is 5.29. The number of amides is 1. The van der Waals surface area contributed by atoms with Gasteiger partial charge in [0, 0.05) is 23.5 Å². The second-order valence-corrected chi connectivity index (χ2v) is 7.49. The zero-order chi connectivity index (χ0) is 20.9. The lowest BCUT2D eigenvalue weighted by Gasteiger charge is -2.17. The molecule has 0 aliphatic carbocycles. The molecule has 0 aliphatic heterocycles. The van der Waals surface area contributed by atoms with Crippen molar-refractivity contribution in [3.05, 3.63) is 96.3 Å². The standard InChI is InChI=1S/C26H25N3O/c1-18-8-11-23(29-26(30)25(27-2)14-19-6-4-3-5-7-19)16-24(18)21-10-9-20-12-13-28-17-22(20)15-21/h3-13,15-17,25,27H,14H2,1-2H3,(H,29,30)/t25-/m1/s1. The topological polar surface area (TPSA) is 54.0 Å². The summed E-state index contributed by atoms with van der Waals surface area (Å²) in [5.74, 6) is -0.0427. The van der Waals surface area contributed by atoms with Gasteiger partial charge in [0.25, 0.3) is 0 Å². The van der Waals surface area contributed by atoms with E-state index in [1.165, 1.54) is 0 Å². The van der Waals surface area contributed by atoms with Crippen LogP contribution in [0.15, 0.2) is 85.2 Å². The Balaban J connectivity index is 1.57. The van der Waals surface area contributed by atoms with Crippen molar-refractivity contribution < 1.29 is 4.79 Å². The zero-order valence-electron chi connectivity index (χ0n) is 17.2. The minimum Gasteiger partial charge on any atom is -0.325 e. The molecule has 1 atom stereocenters. The van der Waals surface area contributed by atoms with Crippen LogP contribution in [0.4, 0.5) is 5.69 Å².